The fourth-order valence-corrected chi connectivity index (χ4v) is 3.88. The molecule has 2 atom stereocenters. The Morgan fingerprint density at radius 1 is 1.29 bits per heavy atom. The predicted molar refractivity (Wildman–Crippen MR) is 74.1 cm³/mol. The van der Waals surface area contributed by atoms with Crippen LogP contribution in [0.2, 0.25) is 0 Å². The van der Waals surface area contributed by atoms with Gasteiger partial charge in [0.05, 0.1) is 0 Å². The van der Waals surface area contributed by atoms with Gasteiger partial charge in [0.15, 0.2) is 0 Å². The average Bonchev–Trinajstić information content (AvgIpc) is 2.69. The second kappa shape index (κ2) is 5.71. The lowest BCUT2D eigenvalue weighted by Gasteiger charge is -2.44. The van der Waals surface area contributed by atoms with Gasteiger partial charge < -0.3 is 10.6 Å². The number of hydrogen-bond donors (Lipinski definition) is 1. The molecule has 1 spiro atoms. The van der Waals surface area contributed by atoms with Gasteiger partial charge in [0.1, 0.15) is 0 Å². The van der Waals surface area contributed by atoms with Crippen LogP contribution in [-0.2, 0) is 0 Å². The summed E-state index contributed by atoms with van der Waals surface area (Å²) in [5.74, 6) is 0. The molecule has 1 saturated carbocycles. The van der Waals surface area contributed by atoms with Gasteiger partial charge in [0, 0.05) is 12.1 Å². The molecule has 1 aliphatic carbocycles. The van der Waals surface area contributed by atoms with Gasteiger partial charge in [-0.2, -0.15) is 0 Å². The second-order valence-corrected chi connectivity index (χ2v) is 6.39. The maximum absolute atomic E-state index is 6.33. The van der Waals surface area contributed by atoms with Crippen molar-refractivity contribution in [2.24, 2.45) is 11.1 Å². The van der Waals surface area contributed by atoms with E-state index < -0.39 is 0 Å². The van der Waals surface area contributed by atoms with E-state index in [0.29, 0.717) is 11.5 Å². The van der Waals surface area contributed by atoms with Gasteiger partial charge in [-0.15, -0.1) is 0 Å². The molecule has 1 saturated heterocycles. The lowest BCUT2D eigenvalue weighted by atomic mass is 9.74. The van der Waals surface area contributed by atoms with Crippen molar-refractivity contribution in [1.29, 1.82) is 0 Å². The summed E-state index contributed by atoms with van der Waals surface area (Å²) in [5, 5.41) is 0. The van der Waals surface area contributed by atoms with Gasteiger partial charge in [-0.05, 0) is 57.5 Å². The zero-order chi connectivity index (χ0) is 12.3. The third-order valence-corrected chi connectivity index (χ3v) is 5.37. The zero-order valence-electron chi connectivity index (χ0n) is 11.8. The highest BCUT2D eigenvalue weighted by atomic mass is 15.2. The van der Waals surface area contributed by atoms with E-state index in [0.717, 1.165) is 6.04 Å². The SMILES string of the molecule is CCCCC(C)N1CCC2(CCCC2N)CC1. The van der Waals surface area contributed by atoms with Crippen LogP contribution in [0.15, 0.2) is 0 Å². The number of nitrogens with two attached hydrogens (primary N) is 1. The number of rotatable bonds is 4. The summed E-state index contributed by atoms with van der Waals surface area (Å²) >= 11 is 0. The average molecular weight is 238 g/mol. The third-order valence-electron chi connectivity index (χ3n) is 5.37. The molecule has 0 aromatic carbocycles. The van der Waals surface area contributed by atoms with Crippen molar-refractivity contribution in [3.63, 3.8) is 0 Å². The Bertz CT molecular complexity index is 231. The first kappa shape index (κ1) is 13.4. The first-order valence-corrected chi connectivity index (χ1v) is 7.67. The molecule has 100 valence electrons. The molecular weight excluding hydrogens is 208 g/mol. The minimum Gasteiger partial charge on any atom is -0.327 e. The Morgan fingerprint density at radius 3 is 2.53 bits per heavy atom. The molecule has 0 radical (unpaired) electrons. The quantitative estimate of drug-likeness (QED) is 0.815. The highest BCUT2D eigenvalue weighted by Crippen LogP contribution is 2.45. The normalized spacial score (nSPS) is 30.9. The maximum Gasteiger partial charge on any atom is 0.00965 e. The molecule has 2 aliphatic rings. The number of likely N-dealkylation sites (tertiary alicyclic amines) is 1. The Kier molecular flexibility index (Phi) is 4.48. The lowest BCUT2D eigenvalue weighted by Crippen LogP contribution is -2.49. The number of piperidine rings is 1. The van der Waals surface area contributed by atoms with Gasteiger partial charge in [-0.3, -0.25) is 0 Å². The summed E-state index contributed by atoms with van der Waals surface area (Å²) in [4.78, 5) is 2.70. The van der Waals surface area contributed by atoms with E-state index in [2.05, 4.69) is 18.7 Å². The Hall–Kier alpha value is -0.0800. The van der Waals surface area contributed by atoms with Crippen molar-refractivity contribution < 1.29 is 0 Å². The third kappa shape index (κ3) is 2.85. The molecule has 2 N–H and O–H groups in total. The lowest BCUT2D eigenvalue weighted by molar-refractivity contribution is 0.0677. The fraction of sp³-hybridized carbons (Fsp3) is 1.00. The number of unbranched alkanes of at least 4 members (excludes halogenated alkanes) is 1. The number of nitrogens with zero attached hydrogens (tertiary/aromatic N) is 1. The van der Waals surface area contributed by atoms with E-state index in [1.807, 2.05) is 0 Å². The molecule has 1 heterocycles. The minimum atomic E-state index is 0.496. The molecule has 2 nitrogen and oxygen atoms in total. The Balaban J connectivity index is 1.81. The summed E-state index contributed by atoms with van der Waals surface area (Å²) in [6.45, 7) is 7.27. The van der Waals surface area contributed by atoms with Crippen LogP contribution >= 0.6 is 0 Å². The van der Waals surface area contributed by atoms with Gasteiger partial charge in [-0.1, -0.05) is 26.2 Å². The second-order valence-electron chi connectivity index (χ2n) is 6.39. The summed E-state index contributed by atoms with van der Waals surface area (Å²) in [7, 11) is 0. The minimum absolute atomic E-state index is 0.496. The monoisotopic (exact) mass is 238 g/mol. The molecule has 0 amide bonds. The summed E-state index contributed by atoms with van der Waals surface area (Å²) in [6, 6.07) is 1.28. The van der Waals surface area contributed by atoms with Gasteiger partial charge in [-0.25, -0.2) is 0 Å². The van der Waals surface area contributed by atoms with Crippen molar-refractivity contribution >= 4 is 0 Å². The Labute approximate surface area is 107 Å². The van der Waals surface area contributed by atoms with Crippen LogP contribution in [0.5, 0.6) is 0 Å². The van der Waals surface area contributed by atoms with E-state index >= 15 is 0 Å². The van der Waals surface area contributed by atoms with Gasteiger partial charge in [0.2, 0.25) is 0 Å². The van der Waals surface area contributed by atoms with E-state index in [1.54, 1.807) is 0 Å². The van der Waals surface area contributed by atoms with Crippen LogP contribution in [0, 0.1) is 5.41 Å². The molecule has 2 rings (SSSR count). The van der Waals surface area contributed by atoms with Crippen molar-refractivity contribution in [3.8, 4) is 0 Å². The molecule has 2 unspecified atom stereocenters. The van der Waals surface area contributed by atoms with Crippen LogP contribution in [0.3, 0.4) is 0 Å². The van der Waals surface area contributed by atoms with Crippen LogP contribution in [0.1, 0.15) is 65.2 Å². The first-order chi connectivity index (χ1) is 8.18. The highest BCUT2D eigenvalue weighted by Gasteiger charge is 2.43. The molecule has 2 fully saturated rings. The van der Waals surface area contributed by atoms with Crippen LogP contribution in [-0.4, -0.2) is 30.1 Å². The van der Waals surface area contributed by atoms with E-state index in [-0.39, 0.29) is 0 Å². The van der Waals surface area contributed by atoms with Gasteiger partial charge in [0.25, 0.3) is 0 Å². The van der Waals surface area contributed by atoms with E-state index in [1.165, 1.54) is 64.5 Å². The zero-order valence-corrected chi connectivity index (χ0v) is 11.8. The molecule has 2 heteroatoms. The summed E-state index contributed by atoms with van der Waals surface area (Å²) < 4.78 is 0. The van der Waals surface area contributed by atoms with Crippen LogP contribution in [0.25, 0.3) is 0 Å². The molecule has 0 bridgehead atoms. The summed E-state index contributed by atoms with van der Waals surface area (Å²) in [6.07, 6.45) is 10.8. The molecule has 0 aromatic rings. The van der Waals surface area contributed by atoms with Crippen molar-refractivity contribution in [2.75, 3.05) is 13.1 Å². The van der Waals surface area contributed by atoms with Gasteiger partial charge >= 0.3 is 0 Å². The molecular formula is C15H30N2. The molecule has 17 heavy (non-hydrogen) atoms. The van der Waals surface area contributed by atoms with Crippen molar-refractivity contribution in [3.05, 3.63) is 0 Å². The van der Waals surface area contributed by atoms with Crippen LogP contribution < -0.4 is 5.73 Å². The van der Waals surface area contributed by atoms with E-state index in [9.17, 15) is 0 Å². The highest BCUT2D eigenvalue weighted by molar-refractivity contribution is 4.98. The predicted octanol–water partition coefficient (Wildman–Crippen LogP) is 3.16. The maximum atomic E-state index is 6.33. The largest absolute Gasteiger partial charge is 0.327 e. The van der Waals surface area contributed by atoms with E-state index in [4.69, 9.17) is 5.73 Å². The van der Waals surface area contributed by atoms with Crippen molar-refractivity contribution in [2.45, 2.75) is 77.3 Å². The topological polar surface area (TPSA) is 29.3 Å². The summed E-state index contributed by atoms with van der Waals surface area (Å²) in [5.41, 5.74) is 6.86. The fourth-order valence-electron chi connectivity index (χ4n) is 3.88. The standard InChI is InChI=1S/C15H30N2/c1-3-4-6-13(2)17-11-9-15(10-12-17)8-5-7-14(15)16/h13-14H,3-12,16H2,1-2H3. The Morgan fingerprint density at radius 2 is 2.00 bits per heavy atom. The van der Waals surface area contributed by atoms with Crippen LogP contribution in [0.4, 0.5) is 0 Å². The molecule has 1 aliphatic heterocycles. The smallest absolute Gasteiger partial charge is 0.00965 e. The first-order valence-electron chi connectivity index (χ1n) is 7.67. The molecule has 0 aromatic heterocycles. The van der Waals surface area contributed by atoms with Crippen molar-refractivity contribution in [1.82, 2.24) is 4.90 Å². The number of hydrogen-bond acceptors (Lipinski definition) is 2.